The second-order valence-corrected chi connectivity index (χ2v) is 7.99. The quantitative estimate of drug-likeness (QED) is 0.744. The number of sulfone groups is 1. The maximum Gasteiger partial charge on any atom is 0.150 e. The van der Waals surface area contributed by atoms with Crippen LogP contribution in [0.2, 0.25) is 0 Å². The molecule has 2 bridgehead atoms. The van der Waals surface area contributed by atoms with E-state index in [-0.39, 0.29) is 23.6 Å². The predicted octanol–water partition coefficient (Wildman–Crippen LogP) is 0.521. The molecule has 96 valence electrons. The van der Waals surface area contributed by atoms with Gasteiger partial charge in [-0.1, -0.05) is 0 Å². The molecule has 3 fully saturated rings. The molecule has 0 aromatic carbocycles. The van der Waals surface area contributed by atoms with Gasteiger partial charge in [-0.2, -0.15) is 0 Å². The lowest BCUT2D eigenvalue weighted by molar-refractivity contribution is -0.127. The minimum atomic E-state index is -2.90. The Labute approximate surface area is 102 Å². The molecule has 0 saturated carbocycles. The highest BCUT2D eigenvalue weighted by Gasteiger charge is 2.45. The zero-order valence-corrected chi connectivity index (χ0v) is 10.7. The lowest BCUT2D eigenvalue weighted by Crippen LogP contribution is -2.50. The highest BCUT2D eigenvalue weighted by molar-refractivity contribution is 7.91. The molecule has 0 radical (unpaired) electrons. The van der Waals surface area contributed by atoms with Gasteiger partial charge in [0, 0.05) is 24.4 Å². The predicted molar refractivity (Wildman–Crippen MR) is 64.4 cm³/mol. The van der Waals surface area contributed by atoms with Crippen LogP contribution in [0.4, 0.5) is 0 Å². The van der Waals surface area contributed by atoms with Gasteiger partial charge in [0.25, 0.3) is 0 Å². The zero-order valence-electron chi connectivity index (χ0n) is 9.89. The molecule has 1 N–H and O–H groups in total. The Hall–Kier alpha value is -0.420. The molecule has 0 aromatic rings. The van der Waals surface area contributed by atoms with Gasteiger partial charge < -0.3 is 5.32 Å². The third-order valence-corrected chi connectivity index (χ3v) is 6.38. The van der Waals surface area contributed by atoms with Gasteiger partial charge in [0.05, 0.1) is 11.5 Å². The molecule has 4 unspecified atom stereocenters. The molecule has 3 saturated heterocycles. The fourth-order valence-electron chi connectivity index (χ4n) is 3.83. The highest BCUT2D eigenvalue weighted by Crippen LogP contribution is 2.37. The zero-order chi connectivity index (χ0) is 12.0. The molecule has 3 aliphatic rings. The summed E-state index contributed by atoms with van der Waals surface area (Å²) in [4.78, 5) is 12.1. The number of carbonyl (C=O) groups is 1. The maximum atomic E-state index is 12.1. The third-order valence-electron chi connectivity index (χ3n) is 4.53. The van der Waals surface area contributed by atoms with E-state index in [0.29, 0.717) is 24.0 Å². The number of hydrogen-bond acceptors (Lipinski definition) is 4. The third kappa shape index (κ3) is 2.15. The van der Waals surface area contributed by atoms with Crippen LogP contribution in [0, 0.1) is 11.8 Å². The number of ketones is 1. The Kier molecular flexibility index (Phi) is 2.78. The minimum Gasteiger partial charge on any atom is -0.310 e. The van der Waals surface area contributed by atoms with E-state index in [9.17, 15) is 13.2 Å². The van der Waals surface area contributed by atoms with Crippen LogP contribution in [0.1, 0.15) is 32.1 Å². The molecule has 3 heterocycles. The number of nitrogens with one attached hydrogen (secondary N) is 1. The summed E-state index contributed by atoms with van der Waals surface area (Å²) in [5.41, 5.74) is 0. The maximum absolute atomic E-state index is 12.1. The van der Waals surface area contributed by atoms with Crippen LogP contribution in [0.5, 0.6) is 0 Å². The SMILES string of the molecule is O=C1CC2CCC(N2)C1C1CCCS(=O)(=O)C1. The van der Waals surface area contributed by atoms with Crippen LogP contribution in [-0.4, -0.2) is 37.8 Å². The van der Waals surface area contributed by atoms with Crippen LogP contribution in [0.25, 0.3) is 0 Å². The first-order valence-corrected chi connectivity index (χ1v) is 8.36. The molecule has 4 nitrogen and oxygen atoms in total. The average Bonchev–Trinajstić information content (AvgIpc) is 2.59. The summed E-state index contributed by atoms with van der Waals surface area (Å²) in [6.07, 6.45) is 4.35. The van der Waals surface area contributed by atoms with Crippen molar-refractivity contribution in [1.82, 2.24) is 5.32 Å². The summed E-state index contributed by atoms with van der Waals surface area (Å²) in [6, 6.07) is 0.614. The Morgan fingerprint density at radius 2 is 2.00 bits per heavy atom. The fraction of sp³-hybridized carbons (Fsp3) is 0.917. The van der Waals surface area contributed by atoms with Crippen molar-refractivity contribution in [3.63, 3.8) is 0 Å². The van der Waals surface area contributed by atoms with Gasteiger partial charge in [0.2, 0.25) is 0 Å². The first-order valence-electron chi connectivity index (χ1n) is 6.54. The van der Waals surface area contributed by atoms with E-state index in [0.717, 1.165) is 25.7 Å². The molecule has 5 heteroatoms. The molecule has 3 rings (SSSR count). The number of piperidine rings is 1. The summed E-state index contributed by atoms with van der Waals surface area (Å²) in [5.74, 6) is 0.872. The summed E-state index contributed by atoms with van der Waals surface area (Å²) in [6.45, 7) is 0. The molecule has 0 aliphatic carbocycles. The Morgan fingerprint density at radius 3 is 2.76 bits per heavy atom. The van der Waals surface area contributed by atoms with Crippen molar-refractivity contribution in [2.75, 3.05) is 11.5 Å². The monoisotopic (exact) mass is 257 g/mol. The van der Waals surface area contributed by atoms with Crippen molar-refractivity contribution >= 4 is 15.6 Å². The van der Waals surface area contributed by atoms with E-state index in [2.05, 4.69) is 5.32 Å². The van der Waals surface area contributed by atoms with Crippen LogP contribution < -0.4 is 5.32 Å². The first-order chi connectivity index (χ1) is 8.05. The van der Waals surface area contributed by atoms with Crippen LogP contribution in [0.15, 0.2) is 0 Å². The first kappa shape index (κ1) is 11.7. The smallest absolute Gasteiger partial charge is 0.150 e. The number of rotatable bonds is 1. The van der Waals surface area contributed by atoms with Crippen molar-refractivity contribution < 1.29 is 13.2 Å². The van der Waals surface area contributed by atoms with E-state index in [4.69, 9.17) is 0 Å². The summed E-state index contributed by atoms with van der Waals surface area (Å²) in [7, 11) is -2.90. The molecule has 0 spiro atoms. The number of Topliss-reactive ketones (excluding diaryl/α,β-unsaturated/α-hetero) is 1. The molecule has 4 atom stereocenters. The van der Waals surface area contributed by atoms with Crippen molar-refractivity contribution in [3.05, 3.63) is 0 Å². The van der Waals surface area contributed by atoms with Gasteiger partial charge in [-0.3, -0.25) is 4.79 Å². The van der Waals surface area contributed by atoms with Crippen molar-refractivity contribution in [2.45, 2.75) is 44.2 Å². The van der Waals surface area contributed by atoms with Gasteiger partial charge >= 0.3 is 0 Å². The van der Waals surface area contributed by atoms with Gasteiger partial charge in [-0.15, -0.1) is 0 Å². The summed E-state index contributed by atoms with van der Waals surface area (Å²) >= 11 is 0. The van der Waals surface area contributed by atoms with E-state index in [1.54, 1.807) is 0 Å². The Balaban J connectivity index is 1.80. The van der Waals surface area contributed by atoms with Gasteiger partial charge in [-0.05, 0) is 31.6 Å². The second-order valence-electron chi connectivity index (χ2n) is 5.76. The van der Waals surface area contributed by atoms with Gasteiger partial charge in [0.1, 0.15) is 5.78 Å². The van der Waals surface area contributed by atoms with E-state index < -0.39 is 9.84 Å². The Bertz CT molecular complexity index is 431. The van der Waals surface area contributed by atoms with Gasteiger partial charge in [-0.25, -0.2) is 8.42 Å². The molecule has 0 amide bonds. The van der Waals surface area contributed by atoms with E-state index in [1.165, 1.54) is 0 Å². The van der Waals surface area contributed by atoms with Crippen molar-refractivity contribution in [2.24, 2.45) is 11.8 Å². The topological polar surface area (TPSA) is 63.2 Å². The number of fused-ring (bicyclic) bond motifs is 2. The average molecular weight is 257 g/mol. The summed E-state index contributed by atoms with van der Waals surface area (Å²) in [5, 5.41) is 3.48. The Morgan fingerprint density at radius 1 is 1.18 bits per heavy atom. The molecule has 0 aromatic heterocycles. The van der Waals surface area contributed by atoms with Gasteiger partial charge in [0.15, 0.2) is 9.84 Å². The van der Waals surface area contributed by atoms with Crippen molar-refractivity contribution in [3.8, 4) is 0 Å². The lowest BCUT2D eigenvalue weighted by Gasteiger charge is -2.36. The standard InChI is InChI=1S/C12H19NO3S/c14-11-6-9-3-4-10(13-9)12(11)8-2-1-5-17(15,16)7-8/h8-10,12-13H,1-7H2. The molecular formula is C12H19NO3S. The van der Waals surface area contributed by atoms with Crippen LogP contribution >= 0.6 is 0 Å². The largest absolute Gasteiger partial charge is 0.310 e. The van der Waals surface area contributed by atoms with E-state index in [1.807, 2.05) is 0 Å². The molecular weight excluding hydrogens is 238 g/mol. The van der Waals surface area contributed by atoms with Crippen LogP contribution in [-0.2, 0) is 14.6 Å². The fourth-order valence-corrected chi connectivity index (χ4v) is 5.63. The minimum absolute atomic E-state index is 0.0381. The number of hydrogen-bond donors (Lipinski definition) is 1. The second kappa shape index (κ2) is 4.05. The molecule has 17 heavy (non-hydrogen) atoms. The number of carbonyl (C=O) groups excluding carboxylic acids is 1. The van der Waals surface area contributed by atoms with Crippen molar-refractivity contribution in [1.29, 1.82) is 0 Å². The summed E-state index contributed by atoms with van der Waals surface area (Å²) < 4.78 is 23.4. The highest BCUT2D eigenvalue weighted by atomic mass is 32.2. The lowest BCUT2D eigenvalue weighted by atomic mass is 9.79. The van der Waals surface area contributed by atoms with Crippen LogP contribution in [0.3, 0.4) is 0 Å². The molecule has 3 aliphatic heterocycles. The normalized spacial score (nSPS) is 44.8. The van der Waals surface area contributed by atoms with E-state index >= 15 is 0 Å².